The summed E-state index contributed by atoms with van der Waals surface area (Å²) in [5, 5.41) is 3.74. The number of hydrogen-bond donors (Lipinski definition) is 1. The number of carbonyl (C=O) groups is 2. The summed E-state index contributed by atoms with van der Waals surface area (Å²) < 4.78 is 1.56. The van der Waals surface area contributed by atoms with Gasteiger partial charge in [-0.1, -0.05) is 29.3 Å². The second-order valence-electron chi connectivity index (χ2n) is 8.48. The standard InChI is InChI=1S/C27H24ClN3O3/c1-15-11-16(2)24(17(3)12-15)30-23(32)14-31-13-22(25(33)19-6-8-20(28)9-7-19)26(34)21-10-5-18(4)29-27(21)31/h5-13H,14H2,1-4H3,(H,30,32). The molecule has 4 rings (SSSR count). The molecule has 0 fully saturated rings. The molecule has 2 heterocycles. The van der Waals surface area contributed by atoms with Crippen molar-refractivity contribution in [2.24, 2.45) is 0 Å². The van der Waals surface area contributed by atoms with E-state index < -0.39 is 11.2 Å². The number of nitrogens with zero attached hydrogens (tertiary/aromatic N) is 2. The number of rotatable bonds is 5. The number of fused-ring (bicyclic) bond motifs is 1. The first-order valence-electron chi connectivity index (χ1n) is 10.8. The number of ketones is 1. The van der Waals surface area contributed by atoms with Gasteiger partial charge in [-0.25, -0.2) is 4.98 Å². The Morgan fingerprint density at radius 3 is 2.26 bits per heavy atom. The first kappa shape index (κ1) is 23.4. The number of benzene rings is 2. The first-order chi connectivity index (χ1) is 16.1. The minimum atomic E-state index is -0.441. The van der Waals surface area contributed by atoms with E-state index in [2.05, 4.69) is 10.3 Å². The molecule has 2 aromatic heterocycles. The van der Waals surface area contributed by atoms with Gasteiger partial charge >= 0.3 is 0 Å². The number of halogens is 1. The number of aromatic nitrogens is 2. The lowest BCUT2D eigenvalue weighted by atomic mass is 10.0. The van der Waals surface area contributed by atoms with Crippen LogP contribution in [-0.4, -0.2) is 21.2 Å². The van der Waals surface area contributed by atoms with Crippen molar-refractivity contribution in [3.63, 3.8) is 0 Å². The maximum Gasteiger partial charge on any atom is 0.244 e. The lowest BCUT2D eigenvalue weighted by molar-refractivity contribution is -0.116. The van der Waals surface area contributed by atoms with E-state index in [1.54, 1.807) is 47.9 Å². The second-order valence-corrected chi connectivity index (χ2v) is 8.92. The molecule has 0 unspecified atom stereocenters. The third-order valence-electron chi connectivity index (χ3n) is 5.67. The van der Waals surface area contributed by atoms with E-state index in [1.165, 1.54) is 6.20 Å². The summed E-state index contributed by atoms with van der Waals surface area (Å²) in [4.78, 5) is 43.9. The minimum absolute atomic E-state index is 0.0315. The van der Waals surface area contributed by atoms with Crippen molar-refractivity contribution in [2.45, 2.75) is 34.2 Å². The Morgan fingerprint density at radius 2 is 1.62 bits per heavy atom. The van der Waals surface area contributed by atoms with Gasteiger partial charge < -0.3 is 9.88 Å². The maximum absolute atomic E-state index is 13.2. The van der Waals surface area contributed by atoms with E-state index >= 15 is 0 Å². The van der Waals surface area contributed by atoms with Crippen molar-refractivity contribution in [3.05, 3.63) is 103 Å². The maximum atomic E-state index is 13.2. The van der Waals surface area contributed by atoms with Gasteiger partial charge in [0.15, 0.2) is 5.78 Å². The van der Waals surface area contributed by atoms with Crippen molar-refractivity contribution >= 4 is 40.0 Å². The molecule has 0 saturated carbocycles. The Labute approximate surface area is 202 Å². The van der Waals surface area contributed by atoms with Crippen LogP contribution in [-0.2, 0) is 11.3 Å². The highest BCUT2D eigenvalue weighted by atomic mass is 35.5. The van der Waals surface area contributed by atoms with Crippen LogP contribution in [0.5, 0.6) is 0 Å². The molecule has 2 aromatic carbocycles. The number of pyridine rings is 2. The topological polar surface area (TPSA) is 81.1 Å². The molecule has 0 atom stereocenters. The summed E-state index contributed by atoms with van der Waals surface area (Å²) in [7, 11) is 0. The van der Waals surface area contributed by atoms with Crippen LogP contribution in [0.2, 0.25) is 5.02 Å². The van der Waals surface area contributed by atoms with Gasteiger partial charge in [0.2, 0.25) is 11.3 Å². The molecule has 0 radical (unpaired) electrons. The summed E-state index contributed by atoms with van der Waals surface area (Å²) >= 11 is 5.94. The molecule has 0 saturated heterocycles. The van der Waals surface area contributed by atoms with Crippen LogP contribution in [0.1, 0.15) is 38.3 Å². The van der Waals surface area contributed by atoms with E-state index in [0.717, 1.165) is 22.4 Å². The molecule has 34 heavy (non-hydrogen) atoms. The van der Waals surface area contributed by atoms with Crippen LogP contribution in [0.3, 0.4) is 0 Å². The normalized spacial score (nSPS) is 11.0. The Morgan fingerprint density at radius 1 is 0.971 bits per heavy atom. The van der Waals surface area contributed by atoms with Crippen LogP contribution in [0.4, 0.5) is 5.69 Å². The van der Waals surface area contributed by atoms with Crippen LogP contribution >= 0.6 is 11.6 Å². The molecule has 1 N–H and O–H groups in total. The Bertz CT molecular complexity index is 1480. The van der Waals surface area contributed by atoms with Crippen LogP contribution < -0.4 is 10.7 Å². The highest BCUT2D eigenvalue weighted by Gasteiger charge is 2.19. The molecule has 0 aliphatic heterocycles. The highest BCUT2D eigenvalue weighted by molar-refractivity contribution is 6.30. The molecule has 0 spiro atoms. The Balaban J connectivity index is 1.77. The molecule has 0 bridgehead atoms. The van der Waals surface area contributed by atoms with Gasteiger partial charge in [-0.2, -0.15) is 0 Å². The molecule has 172 valence electrons. The number of hydrogen-bond acceptors (Lipinski definition) is 4. The molecule has 7 heteroatoms. The van der Waals surface area contributed by atoms with Crippen LogP contribution in [0, 0.1) is 27.7 Å². The quantitative estimate of drug-likeness (QED) is 0.406. The molecule has 0 aliphatic rings. The van der Waals surface area contributed by atoms with Crippen molar-refractivity contribution in [1.82, 2.24) is 9.55 Å². The predicted octanol–water partition coefficient (Wildman–Crippen LogP) is 5.15. The van der Waals surface area contributed by atoms with E-state index in [-0.39, 0.29) is 23.4 Å². The zero-order valence-corrected chi connectivity index (χ0v) is 20.2. The number of carbonyl (C=O) groups excluding carboxylic acids is 2. The molecular weight excluding hydrogens is 450 g/mol. The average Bonchev–Trinajstić information content (AvgIpc) is 2.78. The zero-order valence-electron chi connectivity index (χ0n) is 19.4. The summed E-state index contributed by atoms with van der Waals surface area (Å²) in [5.74, 6) is -0.725. The Hall–Kier alpha value is -3.77. The number of aryl methyl sites for hydroxylation is 4. The van der Waals surface area contributed by atoms with Gasteiger partial charge in [0.1, 0.15) is 12.2 Å². The van der Waals surface area contributed by atoms with Gasteiger partial charge in [0, 0.05) is 28.2 Å². The van der Waals surface area contributed by atoms with Crippen molar-refractivity contribution in [3.8, 4) is 0 Å². The van der Waals surface area contributed by atoms with Gasteiger partial charge in [0.25, 0.3) is 0 Å². The largest absolute Gasteiger partial charge is 0.324 e. The molecule has 4 aromatic rings. The zero-order chi connectivity index (χ0) is 24.6. The minimum Gasteiger partial charge on any atom is -0.324 e. The van der Waals surface area contributed by atoms with E-state index in [1.807, 2.05) is 32.9 Å². The summed E-state index contributed by atoms with van der Waals surface area (Å²) in [6.07, 6.45) is 1.42. The fourth-order valence-corrected chi connectivity index (χ4v) is 4.24. The SMILES string of the molecule is Cc1cc(C)c(NC(=O)Cn2cc(C(=O)c3ccc(Cl)cc3)c(=O)c3ccc(C)nc32)c(C)c1. The average molecular weight is 474 g/mol. The van der Waals surface area contributed by atoms with Gasteiger partial charge in [-0.15, -0.1) is 0 Å². The summed E-state index contributed by atoms with van der Waals surface area (Å²) in [6.45, 7) is 7.59. The fourth-order valence-electron chi connectivity index (χ4n) is 4.11. The predicted molar refractivity (Wildman–Crippen MR) is 135 cm³/mol. The van der Waals surface area contributed by atoms with E-state index in [9.17, 15) is 14.4 Å². The highest BCUT2D eigenvalue weighted by Crippen LogP contribution is 2.22. The molecular formula is C27H24ClN3O3. The smallest absolute Gasteiger partial charge is 0.244 e. The van der Waals surface area contributed by atoms with Gasteiger partial charge in [-0.05, 0) is 75.2 Å². The molecule has 0 aliphatic carbocycles. The molecule has 1 amide bonds. The number of nitrogens with one attached hydrogen (secondary N) is 1. The van der Waals surface area contributed by atoms with Crippen molar-refractivity contribution in [1.29, 1.82) is 0 Å². The number of amides is 1. The summed E-state index contributed by atoms with van der Waals surface area (Å²) in [5.41, 5.74) is 4.72. The van der Waals surface area contributed by atoms with Gasteiger partial charge in [-0.3, -0.25) is 14.4 Å². The third kappa shape index (κ3) is 4.63. The van der Waals surface area contributed by atoms with Crippen molar-refractivity contribution in [2.75, 3.05) is 5.32 Å². The third-order valence-corrected chi connectivity index (χ3v) is 5.92. The van der Waals surface area contributed by atoms with Crippen LogP contribution in [0.15, 0.2) is 59.5 Å². The van der Waals surface area contributed by atoms with Gasteiger partial charge in [0.05, 0.1) is 10.9 Å². The lowest BCUT2D eigenvalue weighted by Gasteiger charge is -2.16. The molecule has 6 nitrogen and oxygen atoms in total. The number of anilines is 1. The van der Waals surface area contributed by atoms with Crippen LogP contribution in [0.25, 0.3) is 11.0 Å². The second kappa shape index (κ2) is 9.23. The Kier molecular flexibility index (Phi) is 6.35. The fraction of sp³-hybridized carbons (Fsp3) is 0.185. The van der Waals surface area contributed by atoms with E-state index in [4.69, 9.17) is 11.6 Å². The summed E-state index contributed by atoms with van der Waals surface area (Å²) in [6, 6.07) is 13.7. The monoisotopic (exact) mass is 473 g/mol. The van der Waals surface area contributed by atoms with Crippen molar-refractivity contribution < 1.29 is 9.59 Å². The lowest BCUT2D eigenvalue weighted by Crippen LogP contribution is -2.25. The first-order valence-corrected chi connectivity index (χ1v) is 11.2. The van der Waals surface area contributed by atoms with E-state index in [0.29, 0.717) is 21.9 Å².